The van der Waals surface area contributed by atoms with E-state index in [-0.39, 0.29) is 25.4 Å². The zero-order valence-corrected chi connectivity index (χ0v) is 14.5. The first kappa shape index (κ1) is 18.6. The summed E-state index contributed by atoms with van der Waals surface area (Å²) in [5, 5.41) is 11.4. The van der Waals surface area contributed by atoms with Crippen LogP contribution in [-0.2, 0) is 21.4 Å². The number of hydrogen-bond donors (Lipinski definition) is 1. The molecule has 0 saturated carbocycles. The second-order valence-electron chi connectivity index (χ2n) is 5.40. The number of benzene rings is 1. The fourth-order valence-electron chi connectivity index (χ4n) is 2.11. The molecule has 0 aliphatic carbocycles. The third kappa shape index (κ3) is 5.99. The monoisotopic (exact) mass is 358 g/mol. The molecule has 1 aromatic carbocycles. The molecule has 0 unspecified atom stereocenters. The lowest BCUT2D eigenvalue weighted by Crippen LogP contribution is -2.32. The number of nitrogens with zero attached hydrogens (tertiary/aromatic N) is 3. The lowest BCUT2D eigenvalue weighted by atomic mass is 10.2. The Kier molecular flexibility index (Phi) is 6.22. The van der Waals surface area contributed by atoms with Crippen LogP contribution < -0.4 is 5.32 Å². The molecule has 8 heteroatoms. The van der Waals surface area contributed by atoms with Gasteiger partial charge in [-0.05, 0) is 36.4 Å². The van der Waals surface area contributed by atoms with Crippen molar-refractivity contribution < 1.29 is 13.2 Å². The lowest BCUT2D eigenvalue weighted by Gasteiger charge is -2.19. The first-order valence-corrected chi connectivity index (χ1v) is 9.38. The Balaban J connectivity index is 1.95. The van der Waals surface area contributed by atoms with Gasteiger partial charge < -0.3 is 5.32 Å². The van der Waals surface area contributed by atoms with E-state index in [0.29, 0.717) is 16.9 Å². The van der Waals surface area contributed by atoms with Gasteiger partial charge in [-0.25, -0.2) is 8.42 Å². The van der Waals surface area contributed by atoms with Gasteiger partial charge in [0.05, 0.1) is 30.1 Å². The first-order valence-electron chi connectivity index (χ1n) is 7.53. The third-order valence-corrected chi connectivity index (χ3v) is 4.67. The maximum atomic E-state index is 12.0. The number of pyridine rings is 1. The van der Waals surface area contributed by atoms with E-state index < -0.39 is 10.0 Å². The molecule has 0 spiro atoms. The maximum Gasteiger partial charge on any atom is 0.225 e. The summed E-state index contributed by atoms with van der Waals surface area (Å²) in [6.07, 6.45) is 2.71. The minimum Gasteiger partial charge on any atom is -0.326 e. The van der Waals surface area contributed by atoms with Crippen LogP contribution in [0.25, 0.3) is 0 Å². The summed E-state index contributed by atoms with van der Waals surface area (Å²) >= 11 is 0. The van der Waals surface area contributed by atoms with Crippen molar-refractivity contribution >= 4 is 21.6 Å². The molecule has 1 heterocycles. The molecule has 1 amide bonds. The van der Waals surface area contributed by atoms with Gasteiger partial charge in [0.2, 0.25) is 15.9 Å². The smallest absolute Gasteiger partial charge is 0.225 e. The van der Waals surface area contributed by atoms with Gasteiger partial charge in [-0.2, -0.15) is 9.57 Å². The average Bonchev–Trinajstić information content (AvgIpc) is 2.59. The lowest BCUT2D eigenvalue weighted by molar-refractivity contribution is -0.116. The van der Waals surface area contributed by atoms with Crippen molar-refractivity contribution in [3.63, 3.8) is 0 Å². The Morgan fingerprint density at radius 1 is 1.24 bits per heavy atom. The van der Waals surface area contributed by atoms with Gasteiger partial charge in [-0.3, -0.25) is 9.78 Å². The minimum absolute atomic E-state index is 0.0138. The van der Waals surface area contributed by atoms with Crippen molar-refractivity contribution in [2.24, 2.45) is 0 Å². The number of anilines is 1. The van der Waals surface area contributed by atoms with Crippen LogP contribution in [0.15, 0.2) is 48.7 Å². The Morgan fingerprint density at radius 3 is 2.52 bits per heavy atom. The first-order chi connectivity index (χ1) is 11.9. The summed E-state index contributed by atoms with van der Waals surface area (Å²) < 4.78 is 25.0. The van der Waals surface area contributed by atoms with Crippen molar-refractivity contribution in [1.82, 2.24) is 9.29 Å². The van der Waals surface area contributed by atoms with Crippen LogP contribution in [-0.4, -0.2) is 36.4 Å². The highest BCUT2D eigenvalue weighted by Crippen LogP contribution is 2.11. The van der Waals surface area contributed by atoms with Crippen LogP contribution in [0.2, 0.25) is 0 Å². The van der Waals surface area contributed by atoms with Crippen molar-refractivity contribution in [1.29, 1.82) is 5.26 Å². The molecular weight excluding hydrogens is 340 g/mol. The van der Waals surface area contributed by atoms with Gasteiger partial charge in [-0.15, -0.1) is 0 Å². The van der Waals surface area contributed by atoms with E-state index in [1.54, 1.807) is 48.7 Å². The molecule has 0 atom stereocenters. The molecular formula is C17H18N4O3S. The fourth-order valence-corrected chi connectivity index (χ4v) is 2.90. The molecule has 1 aromatic heterocycles. The number of hydrogen-bond acceptors (Lipinski definition) is 5. The van der Waals surface area contributed by atoms with Gasteiger partial charge in [0.15, 0.2) is 0 Å². The topological polar surface area (TPSA) is 103 Å². The molecule has 2 rings (SSSR count). The number of aromatic nitrogens is 1. The maximum absolute atomic E-state index is 12.0. The van der Waals surface area contributed by atoms with Crippen molar-refractivity contribution in [3.8, 4) is 6.07 Å². The van der Waals surface area contributed by atoms with Gasteiger partial charge in [0, 0.05) is 24.8 Å². The quantitative estimate of drug-likeness (QED) is 0.812. The number of rotatable bonds is 7. The standard InChI is InChI=1S/C17H18N4O3S/c1-25(23,24)21(13-16-4-2-3-10-19-16)11-9-17(22)20-15-7-5-14(12-18)6-8-15/h2-8,10H,9,11,13H2,1H3,(H,20,22). The average molecular weight is 358 g/mol. The highest BCUT2D eigenvalue weighted by atomic mass is 32.2. The Morgan fingerprint density at radius 2 is 1.96 bits per heavy atom. The number of amides is 1. The largest absolute Gasteiger partial charge is 0.326 e. The molecule has 130 valence electrons. The van der Waals surface area contributed by atoms with E-state index in [4.69, 9.17) is 5.26 Å². The van der Waals surface area contributed by atoms with E-state index in [0.717, 1.165) is 6.26 Å². The highest BCUT2D eigenvalue weighted by Gasteiger charge is 2.18. The molecule has 0 radical (unpaired) electrons. The number of carbonyl (C=O) groups excluding carboxylic acids is 1. The summed E-state index contributed by atoms with van der Waals surface area (Å²) in [4.78, 5) is 16.1. The van der Waals surface area contributed by atoms with Gasteiger partial charge >= 0.3 is 0 Å². The second kappa shape index (κ2) is 8.37. The predicted molar refractivity (Wildman–Crippen MR) is 93.9 cm³/mol. The zero-order valence-electron chi connectivity index (χ0n) is 13.7. The van der Waals surface area contributed by atoms with Crippen LogP contribution in [0.4, 0.5) is 5.69 Å². The van der Waals surface area contributed by atoms with Gasteiger partial charge in [-0.1, -0.05) is 6.07 Å². The third-order valence-electron chi connectivity index (χ3n) is 3.42. The van der Waals surface area contributed by atoms with Crippen LogP contribution in [0.1, 0.15) is 17.7 Å². The molecule has 2 aromatic rings. The Labute approximate surface area is 147 Å². The van der Waals surface area contributed by atoms with E-state index in [9.17, 15) is 13.2 Å². The number of carbonyl (C=O) groups is 1. The van der Waals surface area contributed by atoms with Gasteiger partial charge in [0.25, 0.3) is 0 Å². The van der Waals surface area contributed by atoms with E-state index in [1.165, 1.54) is 4.31 Å². The highest BCUT2D eigenvalue weighted by molar-refractivity contribution is 7.88. The second-order valence-corrected chi connectivity index (χ2v) is 7.39. The van der Waals surface area contributed by atoms with E-state index in [1.807, 2.05) is 6.07 Å². The van der Waals surface area contributed by atoms with Crippen LogP contribution in [0, 0.1) is 11.3 Å². The molecule has 7 nitrogen and oxygen atoms in total. The zero-order chi connectivity index (χ0) is 18.3. The van der Waals surface area contributed by atoms with Crippen molar-refractivity contribution in [3.05, 3.63) is 59.9 Å². The summed E-state index contributed by atoms with van der Waals surface area (Å²) in [5.41, 5.74) is 1.66. The molecule has 0 saturated heterocycles. The molecule has 0 bridgehead atoms. The fraction of sp³-hybridized carbons (Fsp3) is 0.235. The number of nitrogens with one attached hydrogen (secondary N) is 1. The van der Waals surface area contributed by atoms with Crippen LogP contribution >= 0.6 is 0 Å². The van der Waals surface area contributed by atoms with Crippen molar-refractivity contribution in [2.75, 3.05) is 18.1 Å². The SMILES string of the molecule is CS(=O)(=O)N(CCC(=O)Nc1ccc(C#N)cc1)Cc1ccccn1. The van der Waals surface area contributed by atoms with E-state index in [2.05, 4.69) is 10.3 Å². The molecule has 0 aliphatic rings. The Hall–Kier alpha value is -2.76. The Bertz CT molecular complexity index is 859. The predicted octanol–water partition coefficient (Wildman–Crippen LogP) is 1.74. The summed E-state index contributed by atoms with van der Waals surface area (Å²) in [7, 11) is -3.46. The van der Waals surface area contributed by atoms with Crippen LogP contribution in [0.5, 0.6) is 0 Å². The molecule has 1 N–H and O–H groups in total. The van der Waals surface area contributed by atoms with Gasteiger partial charge in [0.1, 0.15) is 0 Å². The summed E-state index contributed by atoms with van der Waals surface area (Å²) in [6, 6.07) is 13.7. The van der Waals surface area contributed by atoms with Crippen LogP contribution in [0.3, 0.4) is 0 Å². The molecule has 25 heavy (non-hydrogen) atoms. The normalized spacial score (nSPS) is 11.1. The minimum atomic E-state index is -3.46. The molecule has 0 aliphatic heterocycles. The summed E-state index contributed by atoms with van der Waals surface area (Å²) in [5.74, 6) is -0.306. The van der Waals surface area contributed by atoms with Crippen molar-refractivity contribution in [2.45, 2.75) is 13.0 Å². The summed E-state index contributed by atoms with van der Waals surface area (Å²) in [6.45, 7) is 0.168. The molecule has 0 fully saturated rings. The number of nitriles is 1. The number of sulfonamides is 1. The van der Waals surface area contributed by atoms with E-state index >= 15 is 0 Å².